The highest BCUT2D eigenvalue weighted by Gasteiger charge is 2.43. The Balaban J connectivity index is 2.29. The first kappa shape index (κ1) is 15.0. The molecule has 20 heavy (non-hydrogen) atoms. The summed E-state index contributed by atoms with van der Waals surface area (Å²) in [5, 5.41) is 0. The van der Waals surface area contributed by atoms with Gasteiger partial charge in [-0.1, -0.05) is 29.8 Å². The minimum absolute atomic E-state index is 0.0409. The number of rotatable bonds is 7. The predicted molar refractivity (Wildman–Crippen MR) is 82.0 cm³/mol. The molecule has 1 aliphatic carbocycles. The number of hydrogen-bond donors (Lipinski definition) is 0. The lowest BCUT2D eigenvalue weighted by molar-refractivity contribution is 0.388. The van der Waals surface area contributed by atoms with Crippen LogP contribution < -0.4 is 0 Å². The van der Waals surface area contributed by atoms with Crippen LogP contribution in [-0.2, 0) is 10.0 Å². The molecule has 0 atom stereocenters. The fraction of sp³-hybridized carbons (Fsp3) is 0.375. The van der Waals surface area contributed by atoms with Crippen LogP contribution in [0.15, 0.2) is 54.5 Å². The van der Waals surface area contributed by atoms with E-state index < -0.39 is 10.0 Å². The maximum atomic E-state index is 12.7. The summed E-state index contributed by atoms with van der Waals surface area (Å²) in [5.74, 6) is 0. The molecule has 3 nitrogen and oxygen atoms in total. The van der Waals surface area contributed by atoms with Gasteiger partial charge in [0.25, 0.3) is 0 Å². The third-order valence-corrected chi connectivity index (χ3v) is 5.63. The average molecular weight is 291 g/mol. The van der Waals surface area contributed by atoms with Crippen LogP contribution in [0.2, 0.25) is 0 Å². The van der Waals surface area contributed by atoms with Crippen molar-refractivity contribution < 1.29 is 8.42 Å². The second-order valence-corrected chi connectivity index (χ2v) is 7.40. The van der Waals surface area contributed by atoms with Crippen LogP contribution in [0, 0.1) is 12.3 Å². The van der Waals surface area contributed by atoms with E-state index in [1.54, 1.807) is 18.2 Å². The Kier molecular flexibility index (Phi) is 4.16. The van der Waals surface area contributed by atoms with Gasteiger partial charge in [0.2, 0.25) is 10.0 Å². The van der Waals surface area contributed by atoms with E-state index in [1.807, 2.05) is 25.1 Å². The Hall–Kier alpha value is -1.39. The monoisotopic (exact) mass is 291 g/mol. The summed E-state index contributed by atoms with van der Waals surface area (Å²) in [4.78, 5) is 0.338. The fourth-order valence-electron chi connectivity index (χ4n) is 2.19. The molecule has 0 aromatic heterocycles. The van der Waals surface area contributed by atoms with E-state index in [-0.39, 0.29) is 5.41 Å². The average Bonchev–Trinajstić information content (AvgIpc) is 3.19. The maximum absolute atomic E-state index is 12.7. The topological polar surface area (TPSA) is 37.4 Å². The van der Waals surface area contributed by atoms with Gasteiger partial charge in [-0.05, 0) is 31.9 Å². The van der Waals surface area contributed by atoms with Crippen LogP contribution in [0.1, 0.15) is 18.4 Å². The molecule has 1 aromatic rings. The predicted octanol–water partition coefficient (Wildman–Crippen LogP) is 3.14. The largest absolute Gasteiger partial charge is 0.243 e. The highest BCUT2D eigenvalue weighted by atomic mass is 32.2. The Labute approximate surface area is 121 Å². The first-order chi connectivity index (χ1) is 9.43. The van der Waals surface area contributed by atoms with Crippen LogP contribution in [0.25, 0.3) is 0 Å². The molecule has 0 heterocycles. The van der Waals surface area contributed by atoms with Gasteiger partial charge < -0.3 is 0 Å². The van der Waals surface area contributed by atoms with Gasteiger partial charge in [0.05, 0.1) is 4.90 Å². The number of benzene rings is 1. The molecule has 0 unspecified atom stereocenters. The number of sulfonamides is 1. The molecule has 0 N–H and O–H groups in total. The normalized spacial score (nSPS) is 16.9. The van der Waals surface area contributed by atoms with Crippen molar-refractivity contribution in [1.29, 1.82) is 0 Å². The zero-order valence-corrected chi connectivity index (χ0v) is 12.7. The van der Waals surface area contributed by atoms with E-state index in [0.717, 1.165) is 18.4 Å². The van der Waals surface area contributed by atoms with E-state index in [1.165, 1.54) is 4.31 Å². The molecule has 0 spiro atoms. The van der Waals surface area contributed by atoms with Crippen molar-refractivity contribution in [2.45, 2.75) is 24.7 Å². The molecular weight excluding hydrogens is 270 g/mol. The molecule has 2 rings (SSSR count). The lowest BCUT2D eigenvalue weighted by atomic mass is 10.1. The van der Waals surface area contributed by atoms with Gasteiger partial charge in [-0.25, -0.2) is 8.42 Å². The van der Waals surface area contributed by atoms with Gasteiger partial charge in [0.1, 0.15) is 0 Å². The van der Waals surface area contributed by atoms with Gasteiger partial charge in [-0.2, -0.15) is 4.31 Å². The van der Waals surface area contributed by atoms with Crippen molar-refractivity contribution in [2.75, 3.05) is 13.1 Å². The molecule has 108 valence electrons. The molecule has 0 aliphatic heterocycles. The molecule has 1 aliphatic rings. The van der Waals surface area contributed by atoms with Crippen molar-refractivity contribution in [3.8, 4) is 0 Å². The third kappa shape index (κ3) is 3.02. The lowest BCUT2D eigenvalue weighted by Crippen LogP contribution is -2.35. The summed E-state index contributed by atoms with van der Waals surface area (Å²) >= 11 is 0. The van der Waals surface area contributed by atoms with Crippen LogP contribution in [0.3, 0.4) is 0 Å². The fourth-order valence-corrected chi connectivity index (χ4v) is 3.70. The van der Waals surface area contributed by atoms with Gasteiger partial charge in [-0.3, -0.25) is 0 Å². The molecule has 0 bridgehead atoms. The molecule has 1 aromatic carbocycles. The van der Waals surface area contributed by atoms with E-state index in [4.69, 9.17) is 0 Å². The quantitative estimate of drug-likeness (QED) is 0.724. The molecule has 0 saturated heterocycles. The minimum atomic E-state index is -3.47. The van der Waals surface area contributed by atoms with Crippen molar-refractivity contribution in [2.24, 2.45) is 5.41 Å². The summed E-state index contributed by atoms with van der Waals surface area (Å²) in [7, 11) is -3.47. The maximum Gasteiger partial charge on any atom is 0.243 e. The summed E-state index contributed by atoms with van der Waals surface area (Å²) in [6.45, 7) is 10.2. The SMILES string of the molecule is C=CCN(CC1(C=C)CC1)S(=O)(=O)c1ccc(C)cc1. The Morgan fingerprint density at radius 3 is 2.30 bits per heavy atom. The van der Waals surface area contributed by atoms with Crippen molar-refractivity contribution in [3.05, 3.63) is 55.1 Å². The lowest BCUT2D eigenvalue weighted by Gasteiger charge is -2.24. The molecule has 1 fully saturated rings. The zero-order chi connectivity index (χ0) is 14.8. The Morgan fingerprint density at radius 1 is 1.25 bits per heavy atom. The van der Waals surface area contributed by atoms with Crippen molar-refractivity contribution in [1.82, 2.24) is 4.31 Å². The van der Waals surface area contributed by atoms with Crippen LogP contribution in [0.4, 0.5) is 0 Å². The second kappa shape index (κ2) is 5.54. The molecule has 0 amide bonds. The molecule has 4 heteroatoms. The zero-order valence-electron chi connectivity index (χ0n) is 11.9. The third-order valence-electron chi connectivity index (χ3n) is 3.81. The summed E-state index contributed by atoms with van der Waals surface area (Å²) in [5.41, 5.74) is 1.00. The van der Waals surface area contributed by atoms with E-state index in [2.05, 4.69) is 13.2 Å². The van der Waals surface area contributed by atoms with Crippen LogP contribution in [-0.4, -0.2) is 25.8 Å². The van der Waals surface area contributed by atoms with Crippen molar-refractivity contribution in [3.63, 3.8) is 0 Å². The van der Waals surface area contributed by atoms with E-state index >= 15 is 0 Å². The Bertz CT molecular complexity index is 598. The van der Waals surface area contributed by atoms with Gasteiger partial charge in [-0.15, -0.1) is 13.2 Å². The number of nitrogens with zero attached hydrogens (tertiary/aromatic N) is 1. The van der Waals surface area contributed by atoms with Crippen LogP contribution >= 0.6 is 0 Å². The highest BCUT2D eigenvalue weighted by molar-refractivity contribution is 7.89. The van der Waals surface area contributed by atoms with Gasteiger partial charge in [0, 0.05) is 18.5 Å². The molecular formula is C16H21NO2S. The summed E-state index contributed by atoms with van der Waals surface area (Å²) in [6.07, 6.45) is 5.53. The summed E-state index contributed by atoms with van der Waals surface area (Å²) < 4.78 is 26.9. The Morgan fingerprint density at radius 2 is 1.85 bits per heavy atom. The number of aryl methyl sites for hydroxylation is 1. The molecule has 1 saturated carbocycles. The van der Waals surface area contributed by atoms with Gasteiger partial charge >= 0.3 is 0 Å². The van der Waals surface area contributed by atoms with E-state index in [0.29, 0.717) is 18.0 Å². The minimum Gasteiger partial charge on any atom is -0.207 e. The number of hydrogen-bond acceptors (Lipinski definition) is 2. The van der Waals surface area contributed by atoms with Gasteiger partial charge in [0.15, 0.2) is 0 Å². The standard InChI is InChI=1S/C16H21NO2S/c1-4-12-17(13-16(5-2)10-11-16)20(18,19)15-8-6-14(3)7-9-15/h4-9H,1-2,10-13H2,3H3. The van der Waals surface area contributed by atoms with E-state index in [9.17, 15) is 8.42 Å². The van der Waals surface area contributed by atoms with Crippen molar-refractivity contribution >= 4 is 10.0 Å². The first-order valence-electron chi connectivity index (χ1n) is 6.75. The molecule has 0 radical (unpaired) electrons. The second-order valence-electron chi connectivity index (χ2n) is 5.47. The highest BCUT2D eigenvalue weighted by Crippen LogP contribution is 2.47. The smallest absolute Gasteiger partial charge is 0.207 e. The summed E-state index contributed by atoms with van der Waals surface area (Å²) in [6, 6.07) is 6.96. The first-order valence-corrected chi connectivity index (χ1v) is 8.19. The van der Waals surface area contributed by atoms with Crippen LogP contribution in [0.5, 0.6) is 0 Å².